The Morgan fingerprint density at radius 1 is 0.933 bits per heavy atom. The first kappa shape index (κ1) is 18.9. The molecule has 0 radical (unpaired) electrons. The SMILES string of the molecule is O=C(Nc1ccccc1Br)N1CCc2c(c3ccccc3n2Cc2ccccc2)C1. The molecule has 0 spiro atoms. The quantitative estimate of drug-likeness (QED) is 0.398. The summed E-state index contributed by atoms with van der Waals surface area (Å²) in [4.78, 5) is 14.9. The summed E-state index contributed by atoms with van der Waals surface area (Å²) in [5.41, 5.74) is 5.91. The molecule has 1 aliphatic heterocycles. The van der Waals surface area contributed by atoms with Crippen LogP contribution in [-0.4, -0.2) is 22.0 Å². The standard InChI is InChI=1S/C25H22BrN3O/c26-21-11-5-6-12-22(21)27-25(30)28-15-14-24-20(17-28)19-10-4-7-13-23(19)29(24)16-18-8-2-1-3-9-18/h1-13H,14-17H2,(H,27,30). The van der Waals surface area contributed by atoms with E-state index in [1.54, 1.807) is 0 Å². The number of anilines is 1. The minimum absolute atomic E-state index is 0.0626. The van der Waals surface area contributed by atoms with Gasteiger partial charge in [0.15, 0.2) is 0 Å². The summed E-state index contributed by atoms with van der Waals surface area (Å²) in [6.45, 7) is 2.17. The Hall–Kier alpha value is -3.05. The maximum atomic E-state index is 13.0. The number of rotatable bonds is 3. The van der Waals surface area contributed by atoms with Gasteiger partial charge in [0.25, 0.3) is 0 Å². The van der Waals surface area contributed by atoms with Gasteiger partial charge in [-0.2, -0.15) is 0 Å². The number of fused-ring (bicyclic) bond motifs is 3. The first-order valence-corrected chi connectivity index (χ1v) is 10.9. The highest BCUT2D eigenvalue weighted by molar-refractivity contribution is 9.10. The van der Waals surface area contributed by atoms with E-state index in [-0.39, 0.29) is 6.03 Å². The van der Waals surface area contributed by atoms with Gasteiger partial charge in [-0.15, -0.1) is 0 Å². The van der Waals surface area contributed by atoms with Crippen molar-refractivity contribution in [2.24, 2.45) is 0 Å². The molecule has 1 aliphatic rings. The minimum atomic E-state index is -0.0626. The number of nitrogens with one attached hydrogen (secondary N) is 1. The predicted octanol–water partition coefficient (Wildman–Crippen LogP) is 6.04. The molecule has 1 N–H and O–H groups in total. The van der Waals surface area contributed by atoms with Crippen molar-refractivity contribution in [3.8, 4) is 0 Å². The zero-order chi connectivity index (χ0) is 20.5. The summed E-state index contributed by atoms with van der Waals surface area (Å²) in [7, 11) is 0. The van der Waals surface area contributed by atoms with E-state index in [1.165, 1.54) is 27.7 Å². The van der Waals surface area contributed by atoms with Crippen LogP contribution in [0.5, 0.6) is 0 Å². The number of hydrogen-bond acceptors (Lipinski definition) is 1. The number of aromatic nitrogens is 1. The van der Waals surface area contributed by atoms with Gasteiger partial charge < -0.3 is 14.8 Å². The van der Waals surface area contributed by atoms with Crippen molar-refractivity contribution in [3.63, 3.8) is 0 Å². The summed E-state index contributed by atoms with van der Waals surface area (Å²) in [5, 5.41) is 4.28. The molecule has 4 nitrogen and oxygen atoms in total. The molecule has 0 unspecified atom stereocenters. The first-order chi connectivity index (χ1) is 14.7. The summed E-state index contributed by atoms with van der Waals surface area (Å²) in [6, 6.07) is 26.7. The second-order valence-electron chi connectivity index (χ2n) is 7.60. The topological polar surface area (TPSA) is 37.3 Å². The van der Waals surface area contributed by atoms with Crippen LogP contribution in [0.25, 0.3) is 10.9 Å². The highest BCUT2D eigenvalue weighted by Gasteiger charge is 2.26. The summed E-state index contributed by atoms with van der Waals surface area (Å²) in [5.74, 6) is 0. The Balaban J connectivity index is 1.46. The molecule has 5 heteroatoms. The Kier molecular flexibility index (Phi) is 5.05. The van der Waals surface area contributed by atoms with Crippen LogP contribution >= 0.6 is 15.9 Å². The van der Waals surface area contributed by atoms with E-state index in [2.05, 4.69) is 74.3 Å². The lowest BCUT2D eigenvalue weighted by molar-refractivity contribution is 0.206. The van der Waals surface area contributed by atoms with E-state index in [1.807, 2.05) is 35.2 Å². The van der Waals surface area contributed by atoms with Gasteiger partial charge in [-0.3, -0.25) is 0 Å². The third-order valence-corrected chi connectivity index (χ3v) is 6.44. The molecule has 0 aliphatic carbocycles. The van der Waals surface area contributed by atoms with Crippen LogP contribution in [0.1, 0.15) is 16.8 Å². The molecular formula is C25H22BrN3O. The third kappa shape index (κ3) is 3.50. The van der Waals surface area contributed by atoms with Gasteiger partial charge in [-0.25, -0.2) is 4.79 Å². The molecule has 0 saturated carbocycles. The maximum absolute atomic E-state index is 13.0. The zero-order valence-electron chi connectivity index (χ0n) is 16.5. The van der Waals surface area contributed by atoms with E-state index in [0.717, 1.165) is 23.1 Å². The van der Waals surface area contributed by atoms with Gasteiger partial charge in [0.05, 0.1) is 5.69 Å². The summed E-state index contributed by atoms with van der Waals surface area (Å²) < 4.78 is 3.30. The molecule has 1 aromatic heterocycles. The number of halogens is 1. The van der Waals surface area contributed by atoms with E-state index >= 15 is 0 Å². The number of urea groups is 1. The van der Waals surface area contributed by atoms with Crippen LogP contribution in [0.2, 0.25) is 0 Å². The average Bonchev–Trinajstić information content (AvgIpc) is 3.09. The molecule has 30 heavy (non-hydrogen) atoms. The third-order valence-electron chi connectivity index (χ3n) is 5.75. The number of benzene rings is 3. The molecule has 0 fully saturated rings. The van der Waals surface area contributed by atoms with Crippen LogP contribution in [0.3, 0.4) is 0 Å². The molecule has 2 amide bonds. The number of carbonyl (C=O) groups is 1. The van der Waals surface area contributed by atoms with Crippen LogP contribution in [-0.2, 0) is 19.5 Å². The molecule has 3 aromatic carbocycles. The number of para-hydroxylation sites is 2. The second-order valence-corrected chi connectivity index (χ2v) is 8.45. The van der Waals surface area contributed by atoms with Crippen LogP contribution in [0, 0.1) is 0 Å². The maximum Gasteiger partial charge on any atom is 0.322 e. The number of carbonyl (C=O) groups excluding carboxylic acids is 1. The highest BCUT2D eigenvalue weighted by atomic mass is 79.9. The second kappa shape index (κ2) is 8.00. The van der Waals surface area contributed by atoms with Crippen molar-refractivity contribution >= 4 is 38.6 Å². The summed E-state index contributed by atoms with van der Waals surface area (Å²) >= 11 is 3.51. The fourth-order valence-electron chi connectivity index (χ4n) is 4.28. The number of amides is 2. The van der Waals surface area contributed by atoms with E-state index in [0.29, 0.717) is 13.1 Å². The Labute approximate surface area is 184 Å². The van der Waals surface area contributed by atoms with Gasteiger partial charge in [0.2, 0.25) is 0 Å². The average molecular weight is 460 g/mol. The van der Waals surface area contributed by atoms with Gasteiger partial charge >= 0.3 is 6.03 Å². The fourth-order valence-corrected chi connectivity index (χ4v) is 4.66. The molecule has 2 heterocycles. The van der Waals surface area contributed by atoms with Gasteiger partial charge in [0, 0.05) is 52.7 Å². The number of hydrogen-bond donors (Lipinski definition) is 1. The predicted molar refractivity (Wildman–Crippen MR) is 125 cm³/mol. The van der Waals surface area contributed by atoms with Crippen molar-refractivity contribution in [2.45, 2.75) is 19.5 Å². The van der Waals surface area contributed by atoms with Crippen molar-refractivity contribution in [1.82, 2.24) is 9.47 Å². The normalized spacial score (nSPS) is 13.3. The molecule has 5 rings (SSSR count). The smallest absolute Gasteiger partial charge is 0.322 e. The summed E-state index contributed by atoms with van der Waals surface area (Å²) in [6.07, 6.45) is 0.847. The Morgan fingerprint density at radius 2 is 1.67 bits per heavy atom. The molecule has 4 aromatic rings. The van der Waals surface area contributed by atoms with E-state index in [4.69, 9.17) is 0 Å². The molecule has 0 atom stereocenters. The molecule has 0 bridgehead atoms. The van der Waals surface area contributed by atoms with E-state index in [9.17, 15) is 4.79 Å². The van der Waals surface area contributed by atoms with Crippen molar-refractivity contribution in [2.75, 3.05) is 11.9 Å². The monoisotopic (exact) mass is 459 g/mol. The fraction of sp³-hybridized carbons (Fsp3) is 0.160. The molecule has 150 valence electrons. The lowest BCUT2D eigenvalue weighted by atomic mass is 10.0. The minimum Gasteiger partial charge on any atom is -0.340 e. The zero-order valence-corrected chi connectivity index (χ0v) is 18.1. The van der Waals surface area contributed by atoms with Crippen molar-refractivity contribution in [3.05, 3.63) is 100 Å². The lowest BCUT2D eigenvalue weighted by Crippen LogP contribution is -2.39. The Morgan fingerprint density at radius 3 is 2.50 bits per heavy atom. The van der Waals surface area contributed by atoms with Crippen molar-refractivity contribution in [1.29, 1.82) is 0 Å². The van der Waals surface area contributed by atoms with Crippen molar-refractivity contribution < 1.29 is 4.79 Å². The first-order valence-electron chi connectivity index (χ1n) is 10.1. The molecular weight excluding hydrogens is 438 g/mol. The van der Waals surface area contributed by atoms with Crippen LogP contribution < -0.4 is 5.32 Å². The van der Waals surface area contributed by atoms with Crippen LogP contribution in [0.4, 0.5) is 10.5 Å². The van der Waals surface area contributed by atoms with Gasteiger partial charge in [-0.05, 0) is 39.7 Å². The molecule has 0 saturated heterocycles. The van der Waals surface area contributed by atoms with Crippen LogP contribution in [0.15, 0.2) is 83.3 Å². The van der Waals surface area contributed by atoms with E-state index < -0.39 is 0 Å². The Bertz CT molecular complexity index is 1220. The number of nitrogens with zero attached hydrogens (tertiary/aromatic N) is 2. The largest absolute Gasteiger partial charge is 0.340 e. The lowest BCUT2D eigenvalue weighted by Gasteiger charge is -2.28. The van der Waals surface area contributed by atoms with Gasteiger partial charge in [0.1, 0.15) is 0 Å². The van der Waals surface area contributed by atoms with Gasteiger partial charge in [-0.1, -0.05) is 60.7 Å². The highest BCUT2D eigenvalue weighted by Crippen LogP contribution is 2.32.